The second-order valence-corrected chi connectivity index (χ2v) is 3.23. The molecule has 1 aromatic heterocycles. The lowest BCUT2D eigenvalue weighted by Gasteiger charge is -2.12. The molecular weight excluding hydrogens is 166 g/mol. The zero-order valence-corrected chi connectivity index (χ0v) is 8.29. The predicted molar refractivity (Wildman–Crippen MR) is 51.0 cm³/mol. The Balaban J connectivity index is 2.44. The third kappa shape index (κ3) is 3.16. The van der Waals surface area contributed by atoms with E-state index in [2.05, 4.69) is 24.0 Å². The van der Waals surface area contributed by atoms with Crippen LogP contribution in [-0.2, 0) is 13.1 Å². The minimum Gasteiger partial charge on any atom is -0.360 e. The Bertz CT molecular complexity index is 247. The van der Waals surface area contributed by atoms with Crippen molar-refractivity contribution in [2.45, 2.75) is 26.4 Å². The van der Waals surface area contributed by atoms with Gasteiger partial charge in [0.1, 0.15) is 0 Å². The van der Waals surface area contributed by atoms with Crippen LogP contribution in [0.3, 0.4) is 0 Å². The van der Waals surface area contributed by atoms with Gasteiger partial charge in [-0.05, 0) is 20.0 Å². The van der Waals surface area contributed by atoms with Gasteiger partial charge in [-0.1, -0.05) is 12.1 Å². The Kier molecular flexibility index (Phi) is 3.92. The third-order valence-corrected chi connectivity index (χ3v) is 1.85. The molecule has 0 aliphatic heterocycles. The van der Waals surface area contributed by atoms with Crippen LogP contribution in [0.25, 0.3) is 0 Å². The first kappa shape index (κ1) is 10.2. The smallest absolute Gasteiger partial charge is 0.151 e. The van der Waals surface area contributed by atoms with Crippen molar-refractivity contribution in [3.05, 3.63) is 17.5 Å². The van der Waals surface area contributed by atoms with Crippen LogP contribution in [0.2, 0.25) is 0 Å². The van der Waals surface area contributed by atoms with Gasteiger partial charge in [-0.25, -0.2) is 0 Å². The summed E-state index contributed by atoms with van der Waals surface area (Å²) < 4.78 is 5.10. The minimum absolute atomic E-state index is 0.445. The van der Waals surface area contributed by atoms with Crippen LogP contribution in [0.4, 0.5) is 0 Å². The first-order chi connectivity index (χ1) is 6.26. The quantitative estimate of drug-likeness (QED) is 0.739. The van der Waals surface area contributed by atoms with Crippen molar-refractivity contribution < 1.29 is 4.52 Å². The molecule has 0 fully saturated rings. The molecule has 2 N–H and O–H groups in total. The summed E-state index contributed by atoms with van der Waals surface area (Å²) in [5.41, 5.74) is 6.24. The van der Waals surface area contributed by atoms with Crippen molar-refractivity contribution in [2.24, 2.45) is 5.73 Å². The third-order valence-electron chi connectivity index (χ3n) is 1.85. The summed E-state index contributed by atoms with van der Waals surface area (Å²) in [6, 6.07) is 1.91. The lowest BCUT2D eigenvalue weighted by Crippen LogP contribution is -2.17. The largest absolute Gasteiger partial charge is 0.360 e. The Morgan fingerprint density at radius 3 is 2.92 bits per heavy atom. The van der Waals surface area contributed by atoms with E-state index in [-0.39, 0.29) is 0 Å². The number of nitrogens with two attached hydrogens (primary N) is 1. The summed E-state index contributed by atoms with van der Waals surface area (Å²) in [5.74, 6) is 0.886. The molecule has 1 aromatic rings. The molecule has 0 spiro atoms. The second kappa shape index (κ2) is 4.99. The molecule has 13 heavy (non-hydrogen) atoms. The number of aromatic nitrogens is 1. The molecule has 0 radical (unpaired) electrons. The fourth-order valence-corrected chi connectivity index (χ4v) is 1.25. The first-order valence-electron chi connectivity index (χ1n) is 4.59. The van der Waals surface area contributed by atoms with Crippen LogP contribution in [0.5, 0.6) is 0 Å². The van der Waals surface area contributed by atoms with Gasteiger partial charge in [0, 0.05) is 12.6 Å². The Labute approximate surface area is 78.7 Å². The van der Waals surface area contributed by atoms with Gasteiger partial charge in [0.15, 0.2) is 5.76 Å². The Hall–Kier alpha value is -0.870. The van der Waals surface area contributed by atoms with Gasteiger partial charge in [0.25, 0.3) is 0 Å². The fourth-order valence-electron chi connectivity index (χ4n) is 1.25. The van der Waals surface area contributed by atoms with Crippen molar-refractivity contribution in [3.8, 4) is 0 Å². The summed E-state index contributed by atoms with van der Waals surface area (Å²) in [6.45, 7) is 4.47. The van der Waals surface area contributed by atoms with Gasteiger partial charge in [-0.15, -0.1) is 0 Å². The van der Waals surface area contributed by atoms with E-state index in [1.165, 1.54) is 0 Å². The second-order valence-electron chi connectivity index (χ2n) is 3.23. The molecular formula is C9H17N3O. The Morgan fingerprint density at radius 1 is 1.62 bits per heavy atom. The van der Waals surface area contributed by atoms with Gasteiger partial charge >= 0.3 is 0 Å². The zero-order chi connectivity index (χ0) is 9.68. The van der Waals surface area contributed by atoms with Crippen LogP contribution < -0.4 is 5.73 Å². The van der Waals surface area contributed by atoms with Crippen molar-refractivity contribution in [3.63, 3.8) is 0 Å². The molecule has 0 atom stereocenters. The maximum absolute atomic E-state index is 5.42. The molecule has 0 aliphatic carbocycles. The highest BCUT2D eigenvalue weighted by Crippen LogP contribution is 2.05. The van der Waals surface area contributed by atoms with Crippen molar-refractivity contribution in [1.82, 2.24) is 10.1 Å². The average Bonchev–Trinajstić information content (AvgIpc) is 2.52. The maximum atomic E-state index is 5.42. The van der Waals surface area contributed by atoms with Crippen molar-refractivity contribution >= 4 is 0 Å². The first-order valence-corrected chi connectivity index (χ1v) is 4.59. The van der Waals surface area contributed by atoms with Crippen molar-refractivity contribution in [1.29, 1.82) is 0 Å². The monoisotopic (exact) mass is 183 g/mol. The maximum Gasteiger partial charge on any atom is 0.151 e. The lowest BCUT2D eigenvalue weighted by atomic mass is 10.3. The highest BCUT2D eigenvalue weighted by Gasteiger charge is 2.04. The summed E-state index contributed by atoms with van der Waals surface area (Å²) in [7, 11) is 2.06. The molecule has 74 valence electrons. The van der Waals surface area contributed by atoms with Gasteiger partial charge in [0.05, 0.1) is 12.2 Å². The molecule has 0 saturated heterocycles. The van der Waals surface area contributed by atoms with Gasteiger partial charge < -0.3 is 10.3 Å². The average molecular weight is 183 g/mol. The fraction of sp³-hybridized carbons (Fsp3) is 0.667. The highest BCUT2D eigenvalue weighted by molar-refractivity contribution is 5.04. The van der Waals surface area contributed by atoms with E-state index in [1.807, 2.05) is 6.07 Å². The molecule has 0 amide bonds. The summed E-state index contributed by atoms with van der Waals surface area (Å²) in [6.07, 6.45) is 1.15. The van der Waals surface area contributed by atoms with E-state index in [0.29, 0.717) is 6.54 Å². The standard InChI is InChI=1S/C9H17N3O/c1-3-4-12(2)7-9-5-8(6-10)11-13-9/h5H,3-4,6-7,10H2,1-2H3. The van der Waals surface area contributed by atoms with Gasteiger partial charge in [0.2, 0.25) is 0 Å². The van der Waals surface area contributed by atoms with Crippen LogP contribution in [-0.4, -0.2) is 23.6 Å². The van der Waals surface area contributed by atoms with Crippen LogP contribution >= 0.6 is 0 Å². The van der Waals surface area contributed by atoms with Gasteiger partial charge in [-0.3, -0.25) is 4.90 Å². The van der Waals surface area contributed by atoms with E-state index in [4.69, 9.17) is 10.3 Å². The van der Waals surface area contributed by atoms with E-state index >= 15 is 0 Å². The molecule has 0 bridgehead atoms. The number of hydrogen-bond donors (Lipinski definition) is 1. The van der Waals surface area contributed by atoms with Crippen LogP contribution in [0.1, 0.15) is 24.8 Å². The number of rotatable bonds is 5. The normalized spacial score (nSPS) is 11.1. The minimum atomic E-state index is 0.445. The number of nitrogens with zero attached hydrogens (tertiary/aromatic N) is 2. The molecule has 1 heterocycles. The highest BCUT2D eigenvalue weighted by atomic mass is 16.5. The van der Waals surface area contributed by atoms with Crippen LogP contribution in [0, 0.1) is 0 Å². The van der Waals surface area contributed by atoms with E-state index < -0.39 is 0 Å². The summed E-state index contributed by atoms with van der Waals surface area (Å²) in [4.78, 5) is 2.20. The lowest BCUT2D eigenvalue weighted by molar-refractivity contribution is 0.272. The zero-order valence-electron chi connectivity index (χ0n) is 8.29. The van der Waals surface area contributed by atoms with Crippen LogP contribution in [0.15, 0.2) is 10.6 Å². The predicted octanol–water partition coefficient (Wildman–Crippen LogP) is 0.975. The molecule has 0 unspecified atom stereocenters. The SMILES string of the molecule is CCCN(C)Cc1cc(CN)no1. The molecule has 0 saturated carbocycles. The van der Waals surface area contributed by atoms with E-state index in [0.717, 1.165) is 31.0 Å². The molecule has 1 rings (SSSR count). The summed E-state index contributed by atoms with van der Waals surface area (Å²) >= 11 is 0. The number of hydrogen-bond acceptors (Lipinski definition) is 4. The van der Waals surface area contributed by atoms with Crippen molar-refractivity contribution in [2.75, 3.05) is 13.6 Å². The van der Waals surface area contributed by atoms with E-state index in [9.17, 15) is 0 Å². The Morgan fingerprint density at radius 2 is 2.38 bits per heavy atom. The topological polar surface area (TPSA) is 55.3 Å². The summed E-state index contributed by atoms with van der Waals surface area (Å²) in [5, 5.41) is 3.82. The molecule has 4 nitrogen and oxygen atoms in total. The molecule has 4 heteroatoms. The van der Waals surface area contributed by atoms with Gasteiger partial charge in [-0.2, -0.15) is 0 Å². The molecule has 0 aromatic carbocycles. The molecule has 0 aliphatic rings. The van der Waals surface area contributed by atoms with E-state index in [1.54, 1.807) is 0 Å².